The minimum Gasteiger partial charge on any atom is -0.465 e. The third kappa shape index (κ3) is 7.55. The zero-order valence-electron chi connectivity index (χ0n) is 22.0. The maximum Gasteiger partial charge on any atom is 0.405 e. The first-order valence-electron chi connectivity index (χ1n) is 12.4. The topological polar surface area (TPSA) is 149 Å². The number of H-pyrrole nitrogens is 1. The standard InChI is InChI=1S/C27H34N6O5/c1-17(2)14-18-11-12-28-22-15-19(29-24(18)22)16-33-13-7-9-21(26(33)36)30-25(35)20(31-27(37)38)8-5-6-10-23(34)32(3)4/h6-7,9-13,15,17,20,29,31H,5,8,14,16H2,1-4H3,(H,30,35)(H,37,38)/b10-6+/t20-/m0/s1. The first kappa shape index (κ1) is 28.2. The number of hydrogen-bond donors (Lipinski definition) is 4. The van der Waals surface area contributed by atoms with Crippen molar-refractivity contribution in [3.05, 3.63) is 70.4 Å². The average molecular weight is 523 g/mol. The van der Waals surface area contributed by atoms with Crippen molar-refractivity contribution in [1.29, 1.82) is 0 Å². The van der Waals surface area contributed by atoms with E-state index in [1.54, 1.807) is 38.6 Å². The Morgan fingerprint density at radius 3 is 2.68 bits per heavy atom. The van der Waals surface area contributed by atoms with Crippen LogP contribution in [0.15, 0.2) is 53.6 Å². The Labute approximate surface area is 220 Å². The van der Waals surface area contributed by atoms with Gasteiger partial charge in [0.25, 0.3) is 5.56 Å². The molecule has 0 aliphatic heterocycles. The number of amides is 3. The van der Waals surface area contributed by atoms with E-state index in [0.717, 1.165) is 28.7 Å². The molecule has 3 amide bonds. The summed E-state index contributed by atoms with van der Waals surface area (Å²) in [6.07, 6.45) is 6.24. The Bertz CT molecular complexity index is 1390. The van der Waals surface area contributed by atoms with Crippen LogP contribution in [0.1, 0.15) is 37.9 Å². The fourth-order valence-electron chi connectivity index (χ4n) is 4.00. The lowest BCUT2D eigenvalue weighted by Crippen LogP contribution is -2.44. The summed E-state index contributed by atoms with van der Waals surface area (Å²) in [5, 5.41) is 13.9. The molecular weight excluding hydrogens is 488 g/mol. The molecular formula is C27H34N6O5. The predicted octanol–water partition coefficient (Wildman–Crippen LogP) is 2.97. The Morgan fingerprint density at radius 2 is 2.00 bits per heavy atom. The van der Waals surface area contributed by atoms with Gasteiger partial charge in [0.15, 0.2) is 0 Å². The van der Waals surface area contributed by atoms with Gasteiger partial charge in [-0.15, -0.1) is 0 Å². The molecule has 0 bridgehead atoms. The van der Waals surface area contributed by atoms with Crippen LogP contribution >= 0.6 is 0 Å². The molecule has 0 saturated heterocycles. The molecule has 0 saturated carbocycles. The van der Waals surface area contributed by atoms with E-state index in [1.165, 1.54) is 21.6 Å². The van der Waals surface area contributed by atoms with Crippen LogP contribution in [0.5, 0.6) is 0 Å². The van der Waals surface area contributed by atoms with Crippen LogP contribution in [0.25, 0.3) is 11.0 Å². The van der Waals surface area contributed by atoms with Crippen molar-refractivity contribution >= 4 is 34.6 Å². The number of hydrogen-bond acceptors (Lipinski definition) is 5. The fraction of sp³-hybridized carbons (Fsp3) is 0.370. The third-order valence-corrected chi connectivity index (χ3v) is 5.85. The molecule has 0 aromatic carbocycles. The summed E-state index contributed by atoms with van der Waals surface area (Å²) in [5.41, 5.74) is 3.31. The maximum atomic E-state index is 13.1. The molecule has 11 nitrogen and oxygen atoms in total. The predicted molar refractivity (Wildman–Crippen MR) is 145 cm³/mol. The molecule has 4 N–H and O–H groups in total. The minimum absolute atomic E-state index is 0.0303. The van der Waals surface area contributed by atoms with Crippen molar-refractivity contribution in [3.63, 3.8) is 0 Å². The maximum absolute atomic E-state index is 13.1. The van der Waals surface area contributed by atoms with Crippen LogP contribution in [-0.4, -0.2) is 62.6 Å². The summed E-state index contributed by atoms with van der Waals surface area (Å²) < 4.78 is 1.46. The molecule has 0 spiro atoms. The van der Waals surface area contributed by atoms with Crippen LogP contribution in [0, 0.1) is 5.92 Å². The lowest BCUT2D eigenvalue weighted by Gasteiger charge is -2.16. The molecule has 202 valence electrons. The summed E-state index contributed by atoms with van der Waals surface area (Å²) in [5.74, 6) is -0.405. The number of nitrogens with zero attached hydrogens (tertiary/aromatic N) is 3. The van der Waals surface area contributed by atoms with Crippen molar-refractivity contribution in [2.75, 3.05) is 19.4 Å². The average Bonchev–Trinajstić information content (AvgIpc) is 3.26. The first-order chi connectivity index (χ1) is 18.0. The number of carboxylic acid groups (broad SMARTS) is 1. The summed E-state index contributed by atoms with van der Waals surface area (Å²) in [6.45, 7) is 4.53. The SMILES string of the molecule is CC(C)Cc1ccnc2cc(Cn3cccc(NC(=O)[C@H](CC/C=C/C(=O)N(C)C)NC(=O)O)c3=O)[nH]c12. The van der Waals surface area contributed by atoms with Crippen molar-refractivity contribution in [1.82, 2.24) is 24.8 Å². The van der Waals surface area contributed by atoms with E-state index in [1.807, 2.05) is 12.1 Å². The normalized spacial score (nSPS) is 12.1. The zero-order chi connectivity index (χ0) is 27.8. The van der Waals surface area contributed by atoms with Gasteiger partial charge in [-0.25, -0.2) is 4.79 Å². The Balaban J connectivity index is 1.74. The quantitative estimate of drug-likeness (QED) is 0.285. The Kier molecular flexibility index (Phi) is 9.42. The van der Waals surface area contributed by atoms with Gasteiger partial charge in [-0.2, -0.15) is 0 Å². The monoisotopic (exact) mass is 522 g/mol. The van der Waals surface area contributed by atoms with Crippen LogP contribution in [-0.2, 0) is 22.6 Å². The summed E-state index contributed by atoms with van der Waals surface area (Å²) >= 11 is 0. The second-order valence-electron chi connectivity index (χ2n) is 9.68. The van der Waals surface area contributed by atoms with Crippen molar-refractivity contribution in [2.24, 2.45) is 5.92 Å². The van der Waals surface area contributed by atoms with Gasteiger partial charge in [0.05, 0.1) is 17.6 Å². The molecule has 1 atom stereocenters. The molecule has 0 aliphatic carbocycles. The van der Waals surface area contributed by atoms with Gasteiger partial charge in [-0.05, 0) is 61.1 Å². The van der Waals surface area contributed by atoms with Gasteiger partial charge >= 0.3 is 6.09 Å². The lowest BCUT2D eigenvalue weighted by atomic mass is 10.0. The molecule has 0 fully saturated rings. The largest absolute Gasteiger partial charge is 0.465 e. The number of fused-ring (bicyclic) bond motifs is 1. The molecule has 38 heavy (non-hydrogen) atoms. The number of likely N-dealkylation sites (N-methyl/N-ethyl adjacent to an activating group) is 1. The highest BCUT2D eigenvalue weighted by Crippen LogP contribution is 2.20. The number of allylic oxidation sites excluding steroid dienone is 1. The molecule has 3 rings (SSSR count). The van der Waals surface area contributed by atoms with E-state index in [9.17, 15) is 19.2 Å². The Hall–Kier alpha value is -4.41. The zero-order valence-corrected chi connectivity index (χ0v) is 22.0. The number of rotatable bonds is 11. The summed E-state index contributed by atoms with van der Waals surface area (Å²) in [4.78, 5) is 58.0. The highest BCUT2D eigenvalue weighted by molar-refractivity contribution is 5.96. The van der Waals surface area contributed by atoms with Crippen LogP contribution < -0.4 is 16.2 Å². The summed E-state index contributed by atoms with van der Waals surface area (Å²) in [7, 11) is 3.22. The summed E-state index contributed by atoms with van der Waals surface area (Å²) in [6, 6.07) is 5.88. The van der Waals surface area contributed by atoms with Gasteiger partial charge in [0.2, 0.25) is 11.8 Å². The molecule has 3 aromatic heterocycles. The van der Waals surface area contributed by atoms with Gasteiger partial charge in [-0.3, -0.25) is 19.4 Å². The van der Waals surface area contributed by atoms with Crippen molar-refractivity contribution < 1.29 is 19.5 Å². The van der Waals surface area contributed by atoms with E-state index in [0.29, 0.717) is 5.92 Å². The molecule has 0 unspecified atom stereocenters. The number of pyridine rings is 2. The molecule has 11 heteroatoms. The number of aromatic nitrogens is 3. The van der Waals surface area contributed by atoms with Gasteiger partial charge in [0, 0.05) is 32.2 Å². The van der Waals surface area contributed by atoms with Crippen LogP contribution in [0.4, 0.5) is 10.5 Å². The van der Waals surface area contributed by atoms with Crippen molar-refractivity contribution in [3.8, 4) is 0 Å². The Morgan fingerprint density at radius 1 is 1.24 bits per heavy atom. The van der Waals surface area contributed by atoms with Crippen LogP contribution in [0.2, 0.25) is 0 Å². The van der Waals surface area contributed by atoms with Crippen LogP contribution in [0.3, 0.4) is 0 Å². The molecule has 0 radical (unpaired) electrons. The number of nitrogens with one attached hydrogen (secondary N) is 3. The number of aromatic amines is 1. The smallest absolute Gasteiger partial charge is 0.405 e. The van der Waals surface area contributed by atoms with E-state index >= 15 is 0 Å². The van der Waals surface area contributed by atoms with Gasteiger partial charge in [0.1, 0.15) is 11.7 Å². The highest BCUT2D eigenvalue weighted by atomic mass is 16.4. The molecule has 0 aliphatic rings. The number of carbonyl (C=O) groups excluding carboxylic acids is 2. The first-order valence-corrected chi connectivity index (χ1v) is 12.4. The van der Waals surface area contributed by atoms with E-state index in [4.69, 9.17) is 5.11 Å². The number of carbonyl (C=O) groups is 3. The van der Waals surface area contributed by atoms with Gasteiger partial charge in [-0.1, -0.05) is 19.9 Å². The lowest BCUT2D eigenvalue weighted by molar-refractivity contribution is -0.123. The third-order valence-electron chi connectivity index (χ3n) is 5.85. The van der Waals surface area contributed by atoms with E-state index in [2.05, 4.69) is 34.4 Å². The van der Waals surface area contributed by atoms with E-state index < -0.39 is 23.6 Å². The number of anilines is 1. The second-order valence-corrected chi connectivity index (χ2v) is 9.68. The molecule has 3 heterocycles. The minimum atomic E-state index is -1.37. The fourth-order valence-corrected chi connectivity index (χ4v) is 4.00. The van der Waals surface area contributed by atoms with Crippen molar-refractivity contribution in [2.45, 2.75) is 45.7 Å². The highest BCUT2D eigenvalue weighted by Gasteiger charge is 2.21. The molecule has 3 aromatic rings. The van der Waals surface area contributed by atoms with Gasteiger partial charge < -0.3 is 30.2 Å². The second kappa shape index (κ2) is 12.7. The van der Waals surface area contributed by atoms with E-state index in [-0.39, 0.29) is 31.0 Å².